The van der Waals surface area contributed by atoms with Crippen molar-refractivity contribution in [1.29, 1.82) is 0 Å². The second kappa shape index (κ2) is 5.23. The zero-order chi connectivity index (χ0) is 13.1. The summed E-state index contributed by atoms with van der Waals surface area (Å²) in [4.78, 5) is 10.1. The lowest BCUT2D eigenvalue weighted by atomic mass is 10.2. The van der Waals surface area contributed by atoms with Gasteiger partial charge in [-0.1, -0.05) is 29.3 Å². The van der Waals surface area contributed by atoms with Gasteiger partial charge in [-0.15, -0.1) is 0 Å². The van der Waals surface area contributed by atoms with E-state index in [1.165, 1.54) is 11.8 Å². The van der Waals surface area contributed by atoms with E-state index in [2.05, 4.69) is 29.0 Å². The van der Waals surface area contributed by atoms with Crippen LogP contribution in [0.25, 0.3) is 0 Å². The van der Waals surface area contributed by atoms with Crippen molar-refractivity contribution >= 4 is 29.1 Å². The lowest BCUT2D eigenvalue weighted by Gasteiger charge is -2.23. The maximum atomic E-state index is 6.13. The van der Waals surface area contributed by atoms with Gasteiger partial charge in [-0.2, -0.15) is 4.98 Å². The molecule has 4 nitrogen and oxygen atoms in total. The molecule has 1 aromatic carbocycles. The fourth-order valence-corrected chi connectivity index (χ4v) is 1.93. The molecule has 0 bridgehead atoms. The molecular formula is C13H15ClN4. The predicted molar refractivity (Wildman–Crippen MR) is 75.3 cm³/mol. The molecule has 0 spiro atoms. The molecule has 0 aliphatic carbocycles. The molecule has 94 valence electrons. The lowest BCUT2D eigenvalue weighted by molar-refractivity contribution is 0.980. The van der Waals surface area contributed by atoms with Crippen molar-refractivity contribution in [2.24, 2.45) is 0 Å². The van der Waals surface area contributed by atoms with Crippen molar-refractivity contribution in [1.82, 2.24) is 9.97 Å². The van der Waals surface area contributed by atoms with Gasteiger partial charge >= 0.3 is 0 Å². The third-order valence-electron chi connectivity index (χ3n) is 2.66. The Labute approximate surface area is 111 Å². The normalized spacial score (nSPS) is 10.4. The summed E-state index contributed by atoms with van der Waals surface area (Å²) >= 11 is 6.13. The van der Waals surface area contributed by atoms with E-state index in [-0.39, 0.29) is 5.95 Å². The van der Waals surface area contributed by atoms with E-state index < -0.39 is 0 Å². The number of nitrogen functional groups attached to an aromatic ring is 1. The standard InChI is InChI=1S/C13H15ClN4/c1-3-18(10-6-4-9(2)5-7-10)12-11(14)8-16-13(15)17-12/h4-8H,3H2,1-2H3,(H2,15,16,17). The first-order chi connectivity index (χ1) is 8.61. The van der Waals surface area contributed by atoms with E-state index >= 15 is 0 Å². The Bertz CT molecular complexity index is 539. The van der Waals surface area contributed by atoms with E-state index in [9.17, 15) is 0 Å². The maximum absolute atomic E-state index is 6.13. The Morgan fingerprint density at radius 3 is 2.56 bits per heavy atom. The predicted octanol–water partition coefficient (Wildman–Crippen LogP) is 3.18. The molecule has 0 radical (unpaired) electrons. The van der Waals surface area contributed by atoms with Gasteiger partial charge < -0.3 is 10.6 Å². The van der Waals surface area contributed by atoms with Crippen molar-refractivity contribution in [3.05, 3.63) is 41.0 Å². The van der Waals surface area contributed by atoms with Crippen molar-refractivity contribution in [2.45, 2.75) is 13.8 Å². The molecule has 0 unspecified atom stereocenters. The summed E-state index contributed by atoms with van der Waals surface area (Å²) in [6, 6.07) is 8.17. The van der Waals surface area contributed by atoms with Crippen LogP contribution in [0.5, 0.6) is 0 Å². The van der Waals surface area contributed by atoms with Gasteiger partial charge in [0.2, 0.25) is 5.95 Å². The summed E-state index contributed by atoms with van der Waals surface area (Å²) in [5, 5.41) is 0.492. The fourth-order valence-electron chi connectivity index (χ4n) is 1.74. The Morgan fingerprint density at radius 2 is 1.94 bits per heavy atom. The molecule has 5 heteroatoms. The first-order valence-electron chi connectivity index (χ1n) is 5.74. The Morgan fingerprint density at radius 1 is 1.28 bits per heavy atom. The van der Waals surface area contributed by atoms with Crippen LogP contribution in [0.15, 0.2) is 30.5 Å². The minimum atomic E-state index is 0.222. The zero-order valence-corrected chi connectivity index (χ0v) is 11.1. The summed E-state index contributed by atoms with van der Waals surface area (Å²) in [5.74, 6) is 0.857. The van der Waals surface area contributed by atoms with Crippen molar-refractivity contribution < 1.29 is 0 Å². The van der Waals surface area contributed by atoms with Crippen molar-refractivity contribution in [3.8, 4) is 0 Å². The molecule has 0 saturated carbocycles. The molecule has 0 atom stereocenters. The van der Waals surface area contributed by atoms with Crippen LogP contribution in [-0.4, -0.2) is 16.5 Å². The molecule has 0 amide bonds. The summed E-state index contributed by atoms with van der Waals surface area (Å²) in [6.45, 7) is 4.84. The van der Waals surface area contributed by atoms with Crippen LogP contribution in [0.1, 0.15) is 12.5 Å². The van der Waals surface area contributed by atoms with Gasteiger partial charge in [0.05, 0.1) is 6.20 Å². The summed E-state index contributed by atoms with van der Waals surface area (Å²) in [6.07, 6.45) is 1.52. The number of hydrogen-bond acceptors (Lipinski definition) is 4. The van der Waals surface area contributed by atoms with Crippen LogP contribution in [0.3, 0.4) is 0 Å². The second-order valence-electron chi connectivity index (χ2n) is 3.98. The molecular weight excluding hydrogens is 248 g/mol. The molecule has 0 fully saturated rings. The smallest absolute Gasteiger partial charge is 0.222 e. The number of benzene rings is 1. The fraction of sp³-hybridized carbons (Fsp3) is 0.231. The minimum absolute atomic E-state index is 0.222. The molecule has 0 aliphatic heterocycles. The minimum Gasteiger partial charge on any atom is -0.368 e. The van der Waals surface area contributed by atoms with E-state index in [0.717, 1.165) is 12.2 Å². The van der Waals surface area contributed by atoms with Gasteiger partial charge in [0.25, 0.3) is 0 Å². The summed E-state index contributed by atoms with van der Waals surface area (Å²) in [7, 11) is 0. The van der Waals surface area contributed by atoms with Crippen LogP contribution in [0.4, 0.5) is 17.5 Å². The molecule has 2 N–H and O–H groups in total. The van der Waals surface area contributed by atoms with Gasteiger partial charge in [-0.3, -0.25) is 0 Å². The first kappa shape index (κ1) is 12.6. The molecule has 2 rings (SSSR count). The van der Waals surface area contributed by atoms with Crippen LogP contribution in [-0.2, 0) is 0 Å². The van der Waals surface area contributed by atoms with Crippen LogP contribution < -0.4 is 10.6 Å². The largest absolute Gasteiger partial charge is 0.368 e. The first-order valence-corrected chi connectivity index (χ1v) is 6.12. The number of aromatic nitrogens is 2. The van der Waals surface area contributed by atoms with E-state index in [0.29, 0.717) is 10.8 Å². The third-order valence-corrected chi connectivity index (χ3v) is 2.93. The van der Waals surface area contributed by atoms with Crippen LogP contribution >= 0.6 is 11.6 Å². The number of aryl methyl sites for hydroxylation is 1. The maximum Gasteiger partial charge on any atom is 0.222 e. The van der Waals surface area contributed by atoms with Gasteiger partial charge in [0, 0.05) is 12.2 Å². The van der Waals surface area contributed by atoms with E-state index in [1.807, 2.05) is 24.0 Å². The van der Waals surface area contributed by atoms with Gasteiger partial charge in [-0.25, -0.2) is 4.98 Å². The second-order valence-corrected chi connectivity index (χ2v) is 4.39. The number of nitrogens with zero attached hydrogens (tertiary/aromatic N) is 3. The summed E-state index contributed by atoms with van der Waals surface area (Å²) < 4.78 is 0. The van der Waals surface area contributed by atoms with Gasteiger partial charge in [-0.05, 0) is 26.0 Å². The van der Waals surface area contributed by atoms with Crippen molar-refractivity contribution in [2.75, 3.05) is 17.2 Å². The number of halogens is 1. The van der Waals surface area contributed by atoms with Crippen LogP contribution in [0, 0.1) is 6.92 Å². The molecule has 1 heterocycles. The Hall–Kier alpha value is -1.81. The molecule has 2 aromatic rings. The SMILES string of the molecule is CCN(c1ccc(C)cc1)c1nc(N)ncc1Cl. The number of nitrogens with two attached hydrogens (primary N) is 1. The lowest BCUT2D eigenvalue weighted by Crippen LogP contribution is -2.18. The number of rotatable bonds is 3. The highest BCUT2D eigenvalue weighted by molar-refractivity contribution is 6.33. The average molecular weight is 263 g/mol. The monoisotopic (exact) mass is 262 g/mol. The molecule has 18 heavy (non-hydrogen) atoms. The third kappa shape index (κ3) is 2.54. The number of hydrogen-bond donors (Lipinski definition) is 1. The quantitative estimate of drug-likeness (QED) is 0.923. The highest BCUT2D eigenvalue weighted by Crippen LogP contribution is 2.29. The zero-order valence-electron chi connectivity index (χ0n) is 10.4. The topological polar surface area (TPSA) is 55.0 Å². The Balaban J connectivity index is 2.44. The van der Waals surface area contributed by atoms with E-state index in [1.54, 1.807) is 0 Å². The highest BCUT2D eigenvalue weighted by Gasteiger charge is 2.13. The number of anilines is 3. The summed E-state index contributed by atoms with van der Waals surface area (Å²) in [5.41, 5.74) is 7.86. The molecule has 1 aromatic heterocycles. The molecule has 0 saturated heterocycles. The van der Waals surface area contributed by atoms with Crippen LogP contribution in [0.2, 0.25) is 5.02 Å². The van der Waals surface area contributed by atoms with E-state index in [4.69, 9.17) is 17.3 Å². The average Bonchev–Trinajstić information content (AvgIpc) is 2.37. The van der Waals surface area contributed by atoms with Gasteiger partial charge in [0.1, 0.15) is 5.02 Å². The highest BCUT2D eigenvalue weighted by atomic mass is 35.5. The Kier molecular flexibility index (Phi) is 3.67. The molecule has 0 aliphatic rings. The van der Waals surface area contributed by atoms with Gasteiger partial charge in [0.15, 0.2) is 5.82 Å². The van der Waals surface area contributed by atoms with Crippen molar-refractivity contribution in [3.63, 3.8) is 0 Å².